The highest BCUT2D eigenvalue weighted by Crippen LogP contribution is 2.49. The van der Waals surface area contributed by atoms with Crippen molar-refractivity contribution in [1.29, 1.82) is 0 Å². The second-order valence-corrected chi connectivity index (χ2v) is 13.1. The van der Waals surface area contributed by atoms with Gasteiger partial charge in [-0.1, -0.05) is 6.07 Å². The van der Waals surface area contributed by atoms with Crippen LogP contribution in [-0.2, 0) is 11.2 Å². The molecule has 16 nitrogen and oxygen atoms in total. The molecular weight excluding hydrogens is 748 g/mol. The summed E-state index contributed by atoms with van der Waals surface area (Å²) in [5, 5.41) is 79.3. The molecule has 5 aromatic rings. The van der Waals surface area contributed by atoms with E-state index < -0.39 is 47.0 Å². The zero-order valence-electron chi connectivity index (χ0n) is 30.4. The Bertz CT molecular complexity index is 2400. The highest BCUT2D eigenvalue weighted by atomic mass is 16.7. The van der Waals surface area contributed by atoms with Crippen LogP contribution in [0.2, 0.25) is 0 Å². The lowest BCUT2D eigenvalue weighted by molar-refractivity contribution is -0.116. The third-order valence-electron chi connectivity index (χ3n) is 9.48. The Morgan fingerprint density at radius 3 is 2.12 bits per heavy atom. The molecule has 0 spiro atoms. The number of hydrogen-bond donors (Lipinski definition) is 8. The van der Waals surface area contributed by atoms with Gasteiger partial charge in [-0.25, -0.2) is 4.79 Å². The first-order valence-corrected chi connectivity index (χ1v) is 17.1. The van der Waals surface area contributed by atoms with Crippen LogP contribution in [-0.4, -0.2) is 86.6 Å². The number of aliphatic hydroxyl groups is 1. The van der Waals surface area contributed by atoms with Crippen LogP contribution in [0.1, 0.15) is 38.7 Å². The molecule has 0 aromatic heterocycles. The average Bonchev–Trinajstić information content (AvgIpc) is 3.19. The number of esters is 1. The summed E-state index contributed by atoms with van der Waals surface area (Å²) in [5.41, 5.74) is 2.49. The molecule has 0 saturated carbocycles. The number of fused-ring (bicyclic) bond motifs is 5. The van der Waals surface area contributed by atoms with E-state index in [0.29, 0.717) is 45.4 Å². The Balaban J connectivity index is 0.000000179. The minimum Gasteiger partial charge on any atom is -0.508 e. The molecule has 0 amide bonds. The molecule has 3 aliphatic rings. The summed E-state index contributed by atoms with van der Waals surface area (Å²) in [6, 6.07) is 17.1. The summed E-state index contributed by atoms with van der Waals surface area (Å²) < 4.78 is 38.9. The summed E-state index contributed by atoms with van der Waals surface area (Å²) in [5.74, 6) is -3.09. The first-order chi connectivity index (χ1) is 27.2. The smallest absolute Gasteiger partial charge is 0.338 e. The second-order valence-electron chi connectivity index (χ2n) is 13.1. The minimum absolute atomic E-state index is 0.0298. The zero-order chi connectivity index (χ0) is 40.8. The van der Waals surface area contributed by atoms with Crippen molar-refractivity contribution in [2.24, 2.45) is 0 Å². The van der Waals surface area contributed by atoms with E-state index in [0.717, 1.165) is 23.8 Å². The Hall–Kier alpha value is -7.33. The third kappa shape index (κ3) is 7.16. The molecule has 8 N–H and O–H groups in total. The molecule has 0 aliphatic carbocycles. The number of phenolic OH excluding ortho intramolecular Hbond substituents is 7. The summed E-state index contributed by atoms with van der Waals surface area (Å²) >= 11 is 0. The number of hydrogen-bond acceptors (Lipinski definition) is 16. The molecule has 3 heterocycles. The van der Waals surface area contributed by atoms with Gasteiger partial charge in [0.05, 0.1) is 26.9 Å². The van der Waals surface area contributed by atoms with Crippen LogP contribution in [0.15, 0.2) is 72.8 Å². The lowest BCUT2D eigenvalue weighted by atomic mass is 9.90. The Kier molecular flexibility index (Phi) is 9.81. The number of phenols is 7. The van der Waals surface area contributed by atoms with Crippen molar-refractivity contribution in [2.75, 3.05) is 27.9 Å². The van der Waals surface area contributed by atoms with Crippen LogP contribution in [0.3, 0.4) is 0 Å². The highest BCUT2D eigenvalue weighted by molar-refractivity contribution is 5.93. The fraction of sp³-hybridized carbons (Fsp3) is 0.195. The van der Waals surface area contributed by atoms with Crippen molar-refractivity contribution in [3.63, 3.8) is 0 Å². The van der Waals surface area contributed by atoms with Crippen LogP contribution in [0.5, 0.6) is 74.7 Å². The molecular formula is C41H36O16. The Labute approximate surface area is 323 Å². The first kappa shape index (κ1) is 38.0. The molecule has 0 fully saturated rings. The van der Waals surface area contributed by atoms with Crippen LogP contribution < -0.4 is 28.4 Å². The molecule has 57 heavy (non-hydrogen) atoms. The topological polar surface area (TPSA) is 244 Å². The fourth-order valence-corrected chi connectivity index (χ4v) is 6.59. The summed E-state index contributed by atoms with van der Waals surface area (Å²) in [6.07, 6.45) is -0.230. The Morgan fingerprint density at radius 1 is 0.719 bits per heavy atom. The van der Waals surface area contributed by atoms with Crippen LogP contribution in [0.4, 0.5) is 0 Å². The molecule has 8 rings (SSSR count). The van der Waals surface area contributed by atoms with Gasteiger partial charge in [-0.3, -0.25) is 0 Å². The van der Waals surface area contributed by atoms with E-state index in [1.165, 1.54) is 24.3 Å². The highest BCUT2D eigenvalue weighted by Gasteiger charge is 2.45. The SMILES string of the molecule is COc1ccc2c(c1)OC1(O)COc3cc(OC)c(OC)cc3C1=C2.O=C(OC1Cc2c(O)cc(O)cc2OC1c1ccc(O)c(O)c1)c1cc(O)c(O)c(O)c1. The van der Waals surface area contributed by atoms with E-state index in [4.69, 9.17) is 33.2 Å². The number of carbonyl (C=O) groups is 1. The van der Waals surface area contributed by atoms with E-state index in [-0.39, 0.29) is 47.2 Å². The lowest BCUT2D eigenvalue weighted by Gasteiger charge is -2.39. The van der Waals surface area contributed by atoms with E-state index in [2.05, 4.69) is 0 Å². The van der Waals surface area contributed by atoms with Gasteiger partial charge >= 0.3 is 5.97 Å². The largest absolute Gasteiger partial charge is 0.508 e. The molecule has 5 aromatic carbocycles. The molecule has 296 valence electrons. The van der Waals surface area contributed by atoms with Crippen molar-refractivity contribution in [3.05, 3.63) is 101 Å². The first-order valence-electron chi connectivity index (χ1n) is 17.1. The maximum absolute atomic E-state index is 12.7. The normalized spacial score (nSPS) is 18.5. The maximum atomic E-state index is 12.7. The van der Waals surface area contributed by atoms with E-state index in [1.807, 2.05) is 18.2 Å². The van der Waals surface area contributed by atoms with Gasteiger partial charge in [0.15, 0.2) is 53.0 Å². The predicted octanol–water partition coefficient (Wildman–Crippen LogP) is 5.25. The van der Waals surface area contributed by atoms with E-state index in [9.17, 15) is 45.6 Å². The van der Waals surface area contributed by atoms with Crippen molar-refractivity contribution >= 4 is 17.6 Å². The number of rotatable bonds is 6. The van der Waals surface area contributed by atoms with Crippen LogP contribution in [0, 0.1) is 0 Å². The molecule has 0 radical (unpaired) electrons. The van der Waals surface area contributed by atoms with Crippen molar-refractivity contribution in [2.45, 2.75) is 24.4 Å². The van der Waals surface area contributed by atoms with Gasteiger partial charge in [-0.2, -0.15) is 0 Å². The number of methoxy groups -OCH3 is 3. The van der Waals surface area contributed by atoms with Gasteiger partial charge in [0.1, 0.15) is 40.6 Å². The summed E-state index contributed by atoms with van der Waals surface area (Å²) in [7, 11) is 4.71. The third-order valence-corrected chi connectivity index (χ3v) is 9.48. The van der Waals surface area contributed by atoms with Gasteiger partial charge in [-0.05, 0) is 48.5 Å². The average molecular weight is 785 g/mol. The quantitative estimate of drug-likeness (QED) is 0.0809. The van der Waals surface area contributed by atoms with Crippen LogP contribution >= 0.6 is 0 Å². The molecule has 3 unspecified atom stereocenters. The van der Waals surface area contributed by atoms with Gasteiger partial charge in [0.25, 0.3) is 5.79 Å². The number of ether oxygens (including phenoxy) is 7. The number of benzene rings is 5. The second kappa shape index (κ2) is 14.7. The number of carbonyl (C=O) groups excluding carboxylic acids is 1. The standard InChI is InChI=1S/C22H18O10.C19H18O6/c23-11-6-14(25)12-8-19(32-22(30)10-4-16(27)20(29)17(28)5-10)21(31-18(12)7-11)9-1-2-13(24)15(26)3-9;1-21-12-5-4-11-6-14-13-8-17(22-2)18(23-3)9-16(13)24-10-19(14,20)25-15(11)7-12/h1-7,19,21,23-29H,8H2;4-9,20H,10H2,1-3H3. The van der Waals surface area contributed by atoms with Gasteiger partial charge in [0.2, 0.25) is 0 Å². The molecule has 3 aliphatic heterocycles. The molecule has 16 heteroatoms. The van der Waals surface area contributed by atoms with Crippen LogP contribution in [0.25, 0.3) is 11.6 Å². The van der Waals surface area contributed by atoms with Gasteiger partial charge in [-0.15, -0.1) is 0 Å². The van der Waals surface area contributed by atoms with Crippen molar-refractivity contribution < 1.29 is 78.8 Å². The maximum Gasteiger partial charge on any atom is 0.338 e. The fourth-order valence-electron chi connectivity index (χ4n) is 6.59. The summed E-state index contributed by atoms with van der Waals surface area (Å²) in [4.78, 5) is 12.7. The van der Waals surface area contributed by atoms with E-state index in [1.54, 1.807) is 39.5 Å². The zero-order valence-corrected chi connectivity index (χ0v) is 30.4. The number of aromatic hydroxyl groups is 7. The minimum atomic E-state index is -1.58. The lowest BCUT2D eigenvalue weighted by Crippen LogP contribution is -2.47. The van der Waals surface area contributed by atoms with Gasteiger partial charge < -0.3 is 74.0 Å². The van der Waals surface area contributed by atoms with Crippen molar-refractivity contribution in [3.8, 4) is 74.7 Å². The summed E-state index contributed by atoms with van der Waals surface area (Å²) in [6.45, 7) is -0.0298. The van der Waals surface area contributed by atoms with Crippen molar-refractivity contribution in [1.82, 2.24) is 0 Å². The molecule has 0 bridgehead atoms. The molecule has 0 saturated heterocycles. The Morgan fingerprint density at radius 2 is 1.44 bits per heavy atom. The molecule has 3 atom stereocenters. The van der Waals surface area contributed by atoms with Gasteiger partial charge in [0, 0.05) is 58.5 Å². The van der Waals surface area contributed by atoms with E-state index >= 15 is 0 Å². The predicted molar refractivity (Wildman–Crippen MR) is 199 cm³/mol. The monoisotopic (exact) mass is 784 g/mol.